The van der Waals surface area contributed by atoms with Crippen molar-refractivity contribution >= 4 is 12.0 Å². The molecule has 0 aromatic carbocycles. The molecule has 0 aliphatic carbocycles. The van der Waals surface area contributed by atoms with Crippen LogP contribution in [-0.4, -0.2) is 12.0 Å². The molecule has 0 heterocycles. The van der Waals surface area contributed by atoms with Crippen molar-refractivity contribution in [2.75, 3.05) is 0 Å². The highest BCUT2D eigenvalue weighted by molar-refractivity contribution is 5.83. The summed E-state index contributed by atoms with van der Waals surface area (Å²) in [6.07, 6.45) is 5.82. The minimum atomic E-state index is 0.672. The predicted molar refractivity (Wildman–Crippen MR) is 52.5 cm³/mol. The Balaban J connectivity index is 3.90. The van der Waals surface area contributed by atoms with Gasteiger partial charge in [-0.15, -0.1) is 0 Å². The van der Waals surface area contributed by atoms with Gasteiger partial charge in [-0.05, 0) is 26.7 Å². The Bertz CT molecular complexity index is 192. The quantitative estimate of drug-likeness (QED) is 0.351. The van der Waals surface area contributed by atoms with Crippen LogP contribution in [0.1, 0.15) is 40.0 Å². The minimum Gasteiger partial charge on any atom is -0.298 e. The van der Waals surface area contributed by atoms with Gasteiger partial charge in [-0.1, -0.05) is 13.3 Å². The lowest BCUT2D eigenvalue weighted by molar-refractivity contribution is -0.104. The fraction of sp³-hybridized carbons (Fsp3) is 0.600. The summed E-state index contributed by atoms with van der Waals surface area (Å²) in [7, 11) is 0. The zero-order valence-electron chi connectivity index (χ0n) is 8.13. The number of aliphatic imine (C=N–C) groups is 1. The van der Waals surface area contributed by atoms with E-state index in [-0.39, 0.29) is 0 Å². The van der Waals surface area contributed by atoms with Gasteiger partial charge < -0.3 is 0 Å². The summed E-state index contributed by atoms with van der Waals surface area (Å²) in [5, 5.41) is 0. The van der Waals surface area contributed by atoms with Gasteiger partial charge in [0.2, 0.25) is 0 Å². The van der Waals surface area contributed by atoms with E-state index in [4.69, 9.17) is 0 Å². The highest BCUT2D eigenvalue weighted by atomic mass is 16.1. The summed E-state index contributed by atoms with van der Waals surface area (Å²) in [5.41, 5.74) is 1.77. The van der Waals surface area contributed by atoms with Crippen LogP contribution in [-0.2, 0) is 4.79 Å². The van der Waals surface area contributed by atoms with E-state index in [2.05, 4.69) is 11.9 Å². The molecule has 0 fully saturated rings. The van der Waals surface area contributed by atoms with Crippen LogP contribution in [0.25, 0.3) is 0 Å². The summed E-state index contributed by atoms with van der Waals surface area (Å²) in [4.78, 5) is 14.3. The van der Waals surface area contributed by atoms with Crippen molar-refractivity contribution in [3.05, 3.63) is 11.8 Å². The Kier molecular flexibility index (Phi) is 6.25. The second-order valence-electron chi connectivity index (χ2n) is 2.96. The van der Waals surface area contributed by atoms with Crippen LogP contribution in [0.4, 0.5) is 0 Å². The van der Waals surface area contributed by atoms with Gasteiger partial charge in [-0.25, -0.2) is 0 Å². The third-order valence-electron chi connectivity index (χ3n) is 1.57. The summed E-state index contributed by atoms with van der Waals surface area (Å²) in [6.45, 7) is 5.90. The zero-order chi connectivity index (χ0) is 9.40. The topological polar surface area (TPSA) is 29.4 Å². The van der Waals surface area contributed by atoms with E-state index in [1.165, 1.54) is 12.8 Å². The highest BCUT2D eigenvalue weighted by Gasteiger charge is 1.88. The summed E-state index contributed by atoms with van der Waals surface area (Å²) < 4.78 is 0. The largest absolute Gasteiger partial charge is 0.298 e. The lowest BCUT2D eigenvalue weighted by Crippen LogP contribution is -1.89. The normalized spacial score (nSPS) is 13.2. The molecule has 0 spiro atoms. The van der Waals surface area contributed by atoms with Gasteiger partial charge in [-0.2, -0.15) is 0 Å². The van der Waals surface area contributed by atoms with Crippen LogP contribution < -0.4 is 0 Å². The number of hydrogen-bond acceptors (Lipinski definition) is 2. The van der Waals surface area contributed by atoms with Crippen LogP contribution in [0, 0.1) is 0 Å². The van der Waals surface area contributed by atoms with Gasteiger partial charge in [0.05, 0.1) is 0 Å². The van der Waals surface area contributed by atoms with Gasteiger partial charge in [0.15, 0.2) is 0 Å². The van der Waals surface area contributed by atoms with Crippen LogP contribution in [0.3, 0.4) is 0 Å². The molecule has 2 heteroatoms. The smallest absolute Gasteiger partial charge is 0.147 e. The molecule has 0 aliphatic heterocycles. The molecule has 12 heavy (non-hydrogen) atoms. The van der Waals surface area contributed by atoms with Crippen molar-refractivity contribution in [2.24, 2.45) is 4.99 Å². The van der Waals surface area contributed by atoms with Gasteiger partial charge in [0, 0.05) is 17.5 Å². The van der Waals surface area contributed by atoms with E-state index in [0.717, 1.165) is 18.4 Å². The van der Waals surface area contributed by atoms with E-state index in [0.29, 0.717) is 5.57 Å². The molecule has 0 rings (SSSR count). The van der Waals surface area contributed by atoms with Gasteiger partial charge in [0.1, 0.15) is 6.29 Å². The molecular weight excluding hydrogens is 150 g/mol. The lowest BCUT2D eigenvalue weighted by atomic mass is 10.2. The number of rotatable bonds is 5. The molecular formula is C10H17NO. The first-order chi connectivity index (χ1) is 5.70. The molecule has 2 nitrogen and oxygen atoms in total. The first-order valence-electron chi connectivity index (χ1n) is 4.36. The average molecular weight is 167 g/mol. The monoisotopic (exact) mass is 167 g/mol. The fourth-order valence-electron chi connectivity index (χ4n) is 0.740. The minimum absolute atomic E-state index is 0.672. The second kappa shape index (κ2) is 6.77. The Hall–Kier alpha value is -0.920. The number of nitrogens with zero attached hydrogens (tertiary/aromatic N) is 1. The maximum Gasteiger partial charge on any atom is 0.147 e. The van der Waals surface area contributed by atoms with Gasteiger partial charge >= 0.3 is 0 Å². The van der Waals surface area contributed by atoms with Crippen LogP contribution in [0.2, 0.25) is 0 Å². The Morgan fingerprint density at radius 1 is 1.42 bits per heavy atom. The SMILES string of the molecule is CCCCC(C)=N/C=C(\C)C=O. The first-order valence-corrected chi connectivity index (χ1v) is 4.36. The highest BCUT2D eigenvalue weighted by Crippen LogP contribution is 1.98. The average Bonchev–Trinajstić information content (AvgIpc) is 2.10. The van der Waals surface area contributed by atoms with Crippen molar-refractivity contribution in [2.45, 2.75) is 40.0 Å². The molecule has 0 atom stereocenters. The Labute approximate surface area is 74.4 Å². The molecule has 0 saturated carbocycles. The number of aldehydes is 1. The van der Waals surface area contributed by atoms with Crippen molar-refractivity contribution < 1.29 is 4.79 Å². The first kappa shape index (κ1) is 11.1. The summed E-state index contributed by atoms with van der Waals surface area (Å²) in [6, 6.07) is 0. The molecule has 0 aromatic heterocycles. The standard InChI is InChI=1S/C10H17NO/c1-4-5-6-10(3)11-7-9(2)8-12/h7-8H,4-6H2,1-3H3/b9-7+,11-10?. The number of carbonyl (C=O) groups is 1. The van der Waals surface area contributed by atoms with E-state index >= 15 is 0 Å². The number of allylic oxidation sites excluding steroid dienone is 1. The van der Waals surface area contributed by atoms with Crippen molar-refractivity contribution in [1.82, 2.24) is 0 Å². The van der Waals surface area contributed by atoms with Crippen LogP contribution in [0.5, 0.6) is 0 Å². The van der Waals surface area contributed by atoms with Crippen molar-refractivity contribution in [1.29, 1.82) is 0 Å². The van der Waals surface area contributed by atoms with Crippen molar-refractivity contribution in [3.63, 3.8) is 0 Å². The maximum atomic E-state index is 10.2. The van der Waals surface area contributed by atoms with Gasteiger partial charge in [0.25, 0.3) is 0 Å². The third-order valence-corrected chi connectivity index (χ3v) is 1.57. The molecule has 0 saturated heterocycles. The maximum absolute atomic E-state index is 10.2. The van der Waals surface area contributed by atoms with Crippen LogP contribution in [0.15, 0.2) is 16.8 Å². The van der Waals surface area contributed by atoms with Gasteiger partial charge in [-0.3, -0.25) is 9.79 Å². The van der Waals surface area contributed by atoms with E-state index in [1.54, 1.807) is 13.1 Å². The summed E-state index contributed by atoms with van der Waals surface area (Å²) in [5.74, 6) is 0. The molecule has 68 valence electrons. The predicted octanol–water partition coefficient (Wildman–Crippen LogP) is 2.74. The second-order valence-corrected chi connectivity index (χ2v) is 2.96. The molecule has 0 bridgehead atoms. The number of carbonyl (C=O) groups excluding carboxylic acids is 1. The Morgan fingerprint density at radius 3 is 2.58 bits per heavy atom. The van der Waals surface area contributed by atoms with E-state index in [1.807, 2.05) is 6.92 Å². The molecule has 0 unspecified atom stereocenters. The lowest BCUT2D eigenvalue weighted by Gasteiger charge is -1.95. The zero-order valence-corrected chi connectivity index (χ0v) is 8.13. The van der Waals surface area contributed by atoms with Crippen molar-refractivity contribution in [3.8, 4) is 0 Å². The number of unbranched alkanes of at least 4 members (excludes halogenated alkanes) is 1. The van der Waals surface area contributed by atoms with E-state index in [9.17, 15) is 4.79 Å². The molecule has 0 amide bonds. The fourth-order valence-corrected chi connectivity index (χ4v) is 0.740. The number of hydrogen-bond donors (Lipinski definition) is 0. The molecule has 0 aliphatic rings. The summed E-state index contributed by atoms with van der Waals surface area (Å²) >= 11 is 0. The molecule has 0 N–H and O–H groups in total. The van der Waals surface area contributed by atoms with E-state index < -0.39 is 0 Å². The third kappa shape index (κ3) is 5.83. The molecule has 0 aromatic rings. The molecule has 0 radical (unpaired) electrons. The van der Waals surface area contributed by atoms with Crippen LogP contribution >= 0.6 is 0 Å². The Morgan fingerprint density at radius 2 is 2.08 bits per heavy atom.